The Morgan fingerprint density at radius 3 is 2.14 bits per heavy atom. The molecule has 2 aliphatic heterocycles. The van der Waals surface area contributed by atoms with Crippen molar-refractivity contribution >= 4 is 15.9 Å². The van der Waals surface area contributed by atoms with E-state index in [0.29, 0.717) is 42.4 Å². The predicted molar refractivity (Wildman–Crippen MR) is 106 cm³/mol. The van der Waals surface area contributed by atoms with E-state index in [1.165, 1.54) is 0 Å². The fourth-order valence-corrected chi connectivity index (χ4v) is 5.53. The van der Waals surface area contributed by atoms with Gasteiger partial charge >= 0.3 is 0 Å². The van der Waals surface area contributed by atoms with E-state index in [4.69, 9.17) is 4.74 Å². The number of rotatable bonds is 4. The molecule has 7 heteroatoms. The molecule has 0 N–H and O–H groups in total. The van der Waals surface area contributed by atoms with Crippen LogP contribution in [0.2, 0.25) is 0 Å². The highest BCUT2D eigenvalue weighted by atomic mass is 32.2. The number of carbonyl (C=O) groups excluding carboxylic acids is 1. The molecule has 0 bridgehead atoms. The fourth-order valence-electron chi connectivity index (χ4n) is 4.08. The average molecular weight is 401 g/mol. The molecule has 148 valence electrons. The molecule has 2 saturated heterocycles. The Morgan fingerprint density at radius 1 is 0.964 bits per heavy atom. The lowest BCUT2D eigenvalue weighted by atomic mass is 9.72. The molecule has 0 aromatic heterocycles. The van der Waals surface area contributed by atoms with Crippen molar-refractivity contribution in [1.29, 1.82) is 0 Å². The zero-order chi connectivity index (χ0) is 19.8. The molecular weight excluding hydrogens is 376 g/mol. The second kappa shape index (κ2) is 7.22. The summed E-state index contributed by atoms with van der Waals surface area (Å²) >= 11 is 0. The van der Waals surface area contributed by atoms with Crippen molar-refractivity contribution < 1.29 is 17.9 Å². The van der Waals surface area contributed by atoms with Crippen LogP contribution in [0.4, 0.5) is 0 Å². The first kappa shape index (κ1) is 19.0. The number of methoxy groups -OCH3 is 1. The highest BCUT2D eigenvalue weighted by Gasteiger charge is 2.48. The molecule has 1 amide bonds. The standard InChI is InChI=1S/C21H24N2O4S/c1-27-18-7-9-19(10-8-18)28(25,26)23-13-11-21(12-14-23)15-22(16-21)20(24)17-5-3-2-4-6-17/h2-10H,11-16H2,1H3. The zero-order valence-electron chi connectivity index (χ0n) is 15.9. The smallest absolute Gasteiger partial charge is 0.253 e. The van der Waals surface area contributed by atoms with Crippen LogP contribution in [0.25, 0.3) is 0 Å². The monoisotopic (exact) mass is 400 g/mol. The number of piperidine rings is 1. The Hall–Kier alpha value is -2.38. The lowest BCUT2D eigenvalue weighted by molar-refractivity contribution is -0.0212. The molecule has 2 fully saturated rings. The summed E-state index contributed by atoms with van der Waals surface area (Å²) in [7, 11) is -1.94. The molecule has 1 spiro atoms. The van der Waals surface area contributed by atoms with Gasteiger partial charge in [-0.3, -0.25) is 4.79 Å². The van der Waals surface area contributed by atoms with E-state index >= 15 is 0 Å². The summed E-state index contributed by atoms with van der Waals surface area (Å²) in [6, 6.07) is 15.8. The first-order chi connectivity index (χ1) is 13.4. The normalized spacial score (nSPS) is 19.2. The molecule has 0 unspecified atom stereocenters. The first-order valence-corrected chi connectivity index (χ1v) is 10.9. The third-order valence-electron chi connectivity index (χ3n) is 5.84. The quantitative estimate of drug-likeness (QED) is 0.791. The summed E-state index contributed by atoms with van der Waals surface area (Å²) < 4.78 is 32.4. The summed E-state index contributed by atoms with van der Waals surface area (Å²) in [6.45, 7) is 2.39. The molecule has 2 aliphatic rings. The Bertz CT molecular complexity index is 942. The van der Waals surface area contributed by atoms with Crippen LogP contribution < -0.4 is 4.74 Å². The summed E-state index contributed by atoms with van der Waals surface area (Å²) in [4.78, 5) is 14.7. The highest BCUT2D eigenvalue weighted by Crippen LogP contribution is 2.42. The molecule has 4 rings (SSSR count). The Morgan fingerprint density at radius 2 is 1.57 bits per heavy atom. The van der Waals surface area contributed by atoms with E-state index in [-0.39, 0.29) is 11.3 Å². The number of ether oxygens (including phenoxy) is 1. The topological polar surface area (TPSA) is 66.9 Å². The molecule has 2 aromatic rings. The van der Waals surface area contributed by atoms with Crippen LogP contribution in [0, 0.1) is 5.41 Å². The van der Waals surface area contributed by atoms with Gasteiger partial charge in [0.1, 0.15) is 5.75 Å². The largest absolute Gasteiger partial charge is 0.497 e. The molecule has 0 radical (unpaired) electrons. The second-order valence-corrected chi connectivity index (χ2v) is 9.54. The van der Waals surface area contributed by atoms with Gasteiger partial charge in [0, 0.05) is 37.2 Å². The van der Waals surface area contributed by atoms with Crippen LogP contribution in [0.1, 0.15) is 23.2 Å². The fraction of sp³-hybridized carbons (Fsp3) is 0.381. The van der Waals surface area contributed by atoms with Crippen molar-refractivity contribution in [2.75, 3.05) is 33.3 Å². The molecule has 0 aliphatic carbocycles. The van der Waals surface area contributed by atoms with Gasteiger partial charge in [-0.2, -0.15) is 4.31 Å². The van der Waals surface area contributed by atoms with Gasteiger partial charge in [0.05, 0.1) is 12.0 Å². The number of amides is 1. The van der Waals surface area contributed by atoms with Crippen molar-refractivity contribution in [2.45, 2.75) is 17.7 Å². The summed E-state index contributed by atoms with van der Waals surface area (Å²) in [5.74, 6) is 0.689. The molecule has 0 saturated carbocycles. The minimum atomic E-state index is -3.50. The van der Waals surface area contributed by atoms with E-state index in [0.717, 1.165) is 12.8 Å². The van der Waals surface area contributed by atoms with E-state index < -0.39 is 10.0 Å². The first-order valence-electron chi connectivity index (χ1n) is 9.42. The van der Waals surface area contributed by atoms with Gasteiger partial charge in [-0.25, -0.2) is 8.42 Å². The number of sulfonamides is 1. The lowest BCUT2D eigenvalue weighted by Gasteiger charge is -2.53. The highest BCUT2D eigenvalue weighted by molar-refractivity contribution is 7.89. The number of benzene rings is 2. The summed E-state index contributed by atoms with van der Waals surface area (Å²) in [5.41, 5.74) is 0.757. The lowest BCUT2D eigenvalue weighted by Crippen LogP contribution is -2.62. The van der Waals surface area contributed by atoms with Gasteiger partial charge in [0.2, 0.25) is 10.0 Å². The van der Waals surface area contributed by atoms with Crippen LogP contribution in [0.15, 0.2) is 59.5 Å². The second-order valence-electron chi connectivity index (χ2n) is 7.61. The SMILES string of the molecule is COc1ccc(S(=O)(=O)N2CCC3(CC2)CN(C(=O)c2ccccc2)C3)cc1. The van der Waals surface area contributed by atoms with Gasteiger partial charge in [-0.1, -0.05) is 18.2 Å². The molecule has 2 heterocycles. The van der Waals surface area contributed by atoms with Crippen LogP contribution in [0.3, 0.4) is 0 Å². The van der Waals surface area contributed by atoms with E-state index in [9.17, 15) is 13.2 Å². The third kappa shape index (κ3) is 3.40. The van der Waals surface area contributed by atoms with Crippen molar-refractivity contribution in [3.63, 3.8) is 0 Å². The van der Waals surface area contributed by atoms with Crippen LogP contribution in [-0.2, 0) is 10.0 Å². The third-order valence-corrected chi connectivity index (χ3v) is 7.75. The summed E-state index contributed by atoms with van der Waals surface area (Å²) in [6.07, 6.45) is 1.56. The number of hydrogen-bond donors (Lipinski definition) is 0. The molecule has 0 atom stereocenters. The number of likely N-dealkylation sites (tertiary alicyclic amines) is 1. The van der Waals surface area contributed by atoms with Gasteiger partial charge in [0.25, 0.3) is 5.91 Å². The van der Waals surface area contributed by atoms with Gasteiger partial charge in [0.15, 0.2) is 0 Å². The molecule has 6 nitrogen and oxygen atoms in total. The number of carbonyl (C=O) groups is 1. The van der Waals surface area contributed by atoms with Crippen molar-refractivity contribution in [1.82, 2.24) is 9.21 Å². The maximum absolute atomic E-state index is 12.9. The average Bonchev–Trinajstić information content (AvgIpc) is 2.72. The molecule has 28 heavy (non-hydrogen) atoms. The Kier molecular flexibility index (Phi) is 4.89. The van der Waals surface area contributed by atoms with Gasteiger partial charge in [-0.05, 0) is 49.2 Å². The maximum atomic E-state index is 12.9. The van der Waals surface area contributed by atoms with Gasteiger partial charge < -0.3 is 9.64 Å². The summed E-state index contributed by atoms with van der Waals surface area (Å²) in [5, 5.41) is 0. The zero-order valence-corrected chi connectivity index (χ0v) is 16.7. The minimum absolute atomic E-state index is 0.0520. The van der Waals surface area contributed by atoms with Crippen molar-refractivity contribution in [2.24, 2.45) is 5.41 Å². The van der Waals surface area contributed by atoms with Crippen molar-refractivity contribution in [3.8, 4) is 5.75 Å². The predicted octanol–water partition coefficient (Wildman–Crippen LogP) is 2.62. The van der Waals surface area contributed by atoms with E-state index in [1.807, 2.05) is 35.2 Å². The van der Waals surface area contributed by atoms with Crippen LogP contribution in [0.5, 0.6) is 5.75 Å². The van der Waals surface area contributed by atoms with Crippen LogP contribution in [-0.4, -0.2) is 56.8 Å². The maximum Gasteiger partial charge on any atom is 0.253 e. The minimum Gasteiger partial charge on any atom is -0.497 e. The van der Waals surface area contributed by atoms with Crippen molar-refractivity contribution in [3.05, 3.63) is 60.2 Å². The number of nitrogens with zero attached hydrogens (tertiary/aromatic N) is 2. The molecular formula is C21H24N2O4S. The Labute approximate surface area is 165 Å². The van der Waals surface area contributed by atoms with E-state index in [2.05, 4.69) is 0 Å². The van der Waals surface area contributed by atoms with Gasteiger partial charge in [-0.15, -0.1) is 0 Å². The number of hydrogen-bond acceptors (Lipinski definition) is 4. The molecule has 2 aromatic carbocycles. The van der Waals surface area contributed by atoms with E-state index in [1.54, 1.807) is 35.7 Å². The van der Waals surface area contributed by atoms with Crippen LogP contribution >= 0.6 is 0 Å². The Balaban J connectivity index is 1.37.